The van der Waals surface area contributed by atoms with E-state index in [0.717, 1.165) is 64.6 Å². The fraction of sp³-hybridized carbons (Fsp3) is 0.600. The SMILES string of the molecule is CC(=O)CCC(=O)CCCCCn1cc[n+](C)c1C.CC(=O)CCC(=O)CCCCn1cc[n+](C)c1C.CC(=O)CCC(C)(CCCCn1cc[n+](C)c1C)Sc1ccccc1.FB(F)F.[Br-].[Br-].[F-]. The lowest BCUT2D eigenvalue weighted by Crippen LogP contribution is -3.00. The molecule has 0 aliphatic heterocycles. The summed E-state index contributed by atoms with van der Waals surface area (Å²) in [6, 6.07) is 10.6. The van der Waals surface area contributed by atoms with Crippen molar-refractivity contribution in [2.75, 3.05) is 0 Å². The van der Waals surface area contributed by atoms with Crippen molar-refractivity contribution in [2.24, 2.45) is 21.1 Å². The number of halogens is 6. The van der Waals surface area contributed by atoms with Crippen LogP contribution in [-0.2, 0) is 64.7 Å². The summed E-state index contributed by atoms with van der Waals surface area (Å²) in [4.78, 5) is 57.2. The second-order valence-electron chi connectivity index (χ2n) is 17.5. The molecule has 1 aromatic carbocycles. The van der Waals surface area contributed by atoms with E-state index in [4.69, 9.17) is 0 Å². The molecule has 3 aromatic heterocycles. The monoisotopic (exact) mass is 1120 g/mol. The van der Waals surface area contributed by atoms with E-state index in [-0.39, 0.29) is 72.3 Å². The molecule has 0 amide bonds. The smallest absolute Gasteiger partial charge is 0.762 e. The number of carbonyl (C=O) groups is 5. The molecule has 3 heterocycles. The number of aromatic nitrogens is 6. The predicted molar refractivity (Wildman–Crippen MR) is 257 cm³/mol. The molecule has 0 bridgehead atoms. The van der Waals surface area contributed by atoms with Crippen molar-refractivity contribution < 1.29 is 89.3 Å². The Morgan fingerprint density at radius 3 is 1.23 bits per heavy atom. The first-order chi connectivity index (χ1) is 31.1. The minimum atomic E-state index is -3.67. The molecule has 0 saturated heterocycles. The number of hydrogen-bond acceptors (Lipinski definition) is 6. The van der Waals surface area contributed by atoms with Gasteiger partial charge in [-0.25, -0.2) is 27.4 Å². The van der Waals surface area contributed by atoms with Crippen LogP contribution < -0.4 is 52.4 Å². The van der Waals surface area contributed by atoms with Gasteiger partial charge in [-0.3, -0.25) is 22.5 Å². The fourth-order valence-corrected chi connectivity index (χ4v) is 8.31. The summed E-state index contributed by atoms with van der Waals surface area (Å²) in [7, 11) is 2.48. The lowest BCUT2D eigenvalue weighted by molar-refractivity contribution is -0.677. The highest BCUT2D eigenvalue weighted by atomic mass is 79.9. The second kappa shape index (κ2) is 39.0. The fourth-order valence-electron chi connectivity index (χ4n) is 6.99. The molecule has 0 spiro atoms. The standard InChI is InChI=1S/C21H31N2OS.C15H25N2O2.C14H23N2O2.BF3.2BrH.FH/c1-18(24)12-14-21(3,25-20-10-6-5-7-11-20)13-8-9-15-23-17-16-22(4)19(23)2;1-13(18)8-9-15(19)7-5-4-6-10-17-12-11-16(3)14(17)2;1-12(17)7-8-14(18)6-4-5-9-16-11-10-15(3)13(16)2;2-1(3)4;;;/h5-7,10-11,16-17H,8-9,12-15H2,1-4H3;11-12H,4-10H2,1-3H3;10-11H,4-9H2,1-3H3;;3*1H/q3*+1;;;;/p-3. The molecule has 4 rings (SSSR count). The van der Waals surface area contributed by atoms with Crippen LogP contribution in [0.5, 0.6) is 0 Å². The van der Waals surface area contributed by atoms with Gasteiger partial charge >= 0.3 is 7.54 Å². The quantitative estimate of drug-likeness (QED) is 0.0283. The van der Waals surface area contributed by atoms with Crippen LogP contribution in [0.3, 0.4) is 0 Å². The Morgan fingerprint density at radius 1 is 0.536 bits per heavy atom. The van der Waals surface area contributed by atoms with Crippen LogP contribution in [-0.4, -0.2) is 54.9 Å². The van der Waals surface area contributed by atoms with Crippen molar-refractivity contribution in [3.8, 4) is 0 Å². The Balaban J connectivity index is -0.000000904. The van der Waals surface area contributed by atoms with Gasteiger partial charge in [0.2, 0.25) is 0 Å². The van der Waals surface area contributed by atoms with E-state index in [9.17, 15) is 36.9 Å². The van der Waals surface area contributed by atoms with Gasteiger partial charge in [0, 0.05) is 75.4 Å². The van der Waals surface area contributed by atoms with Gasteiger partial charge in [-0.2, -0.15) is 0 Å². The van der Waals surface area contributed by atoms with Crippen LogP contribution in [0.4, 0.5) is 12.9 Å². The topological polar surface area (TPSA) is 112 Å². The number of imidazole rings is 3. The number of ketones is 5. The molecule has 390 valence electrons. The van der Waals surface area contributed by atoms with Crippen LogP contribution in [0.2, 0.25) is 0 Å². The number of nitrogens with zero attached hydrogens (tertiary/aromatic N) is 6. The summed E-state index contributed by atoms with van der Waals surface area (Å²) in [5.41, 5.74) is 0. The number of Topliss-reactive ketones (excluding diaryl/α,β-unsaturated/α-hetero) is 5. The highest BCUT2D eigenvalue weighted by Gasteiger charge is 2.26. The van der Waals surface area contributed by atoms with Crippen molar-refractivity contribution in [2.45, 2.75) is 180 Å². The number of aryl methyl sites for hydroxylation is 6. The van der Waals surface area contributed by atoms with E-state index in [1.165, 1.54) is 49.1 Å². The summed E-state index contributed by atoms with van der Waals surface area (Å²) in [5, 5.41) is 0. The van der Waals surface area contributed by atoms with Gasteiger partial charge in [0.25, 0.3) is 17.5 Å². The zero-order valence-corrected chi connectivity index (χ0v) is 46.8. The Kier molecular flexibility index (Phi) is 39.3. The van der Waals surface area contributed by atoms with Gasteiger partial charge in [0.1, 0.15) is 66.1 Å². The average Bonchev–Trinajstić information content (AvgIpc) is 3.88. The minimum Gasteiger partial charge on any atom is -1.00 e. The number of rotatable bonds is 27. The van der Waals surface area contributed by atoms with Gasteiger partial charge in [-0.05, 0) is 90.7 Å². The lowest BCUT2D eigenvalue weighted by Gasteiger charge is -2.29. The molecule has 1 atom stereocenters. The minimum absolute atomic E-state index is 0. The highest BCUT2D eigenvalue weighted by molar-refractivity contribution is 8.00. The van der Waals surface area contributed by atoms with E-state index in [0.29, 0.717) is 44.9 Å². The van der Waals surface area contributed by atoms with Crippen LogP contribution >= 0.6 is 11.8 Å². The van der Waals surface area contributed by atoms with Crippen LogP contribution in [0.25, 0.3) is 0 Å². The van der Waals surface area contributed by atoms with E-state index < -0.39 is 7.54 Å². The van der Waals surface area contributed by atoms with Gasteiger partial charge in [-0.1, -0.05) is 25.1 Å². The molecule has 69 heavy (non-hydrogen) atoms. The third-order valence-corrected chi connectivity index (χ3v) is 13.0. The maximum absolute atomic E-state index is 11.5. The van der Waals surface area contributed by atoms with E-state index in [2.05, 4.69) is 123 Å². The Labute approximate surface area is 435 Å². The van der Waals surface area contributed by atoms with Crippen molar-refractivity contribution >= 4 is 48.2 Å². The van der Waals surface area contributed by atoms with Crippen molar-refractivity contribution in [1.29, 1.82) is 0 Å². The molecule has 0 fully saturated rings. The Morgan fingerprint density at radius 2 is 0.884 bits per heavy atom. The Bertz CT molecular complexity index is 2070. The van der Waals surface area contributed by atoms with Gasteiger partial charge in [0.05, 0.1) is 40.8 Å². The largest absolute Gasteiger partial charge is 1.00 e. The van der Waals surface area contributed by atoms with E-state index >= 15 is 0 Å². The third kappa shape index (κ3) is 32.7. The maximum Gasteiger partial charge on any atom is 0.762 e. The number of thioether (sulfide) groups is 1. The van der Waals surface area contributed by atoms with Gasteiger partial charge in [0.15, 0.2) is 0 Å². The molecule has 19 heteroatoms. The first kappa shape index (κ1) is 69.6. The summed E-state index contributed by atoms with van der Waals surface area (Å²) in [5.74, 6) is 4.67. The van der Waals surface area contributed by atoms with Crippen LogP contribution in [0.1, 0.15) is 148 Å². The normalized spacial score (nSPS) is 11.0. The molecular weight excluding hydrogens is 1040 g/mol. The number of benzene rings is 1. The summed E-state index contributed by atoms with van der Waals surface area (Å²) < 4.78 is 42.2. The summed E-state index contributed by atoms with van der Waals surface area (Å²) in [6.07, 6.45) is 25.4. The zero-order chi connectivity index (χ0) is 49.7. The van der Waals surface area contributed by atoms with Gasteiger partial charge < -0.3 is 53.1 Å². The molecule has 4 aromatic rings. The molecule has 0 saturated carbocycles. The molecule has 11 nitrogen and oxygen atoms in total. The van der Waals surface area contributed by atoms with Crippen LogP contribution in [0.15, 0.2) is 72.4 Å². The third-order valence-electron chi connectivity index (χ3n) is 11.6. The molecule has 0 N–H and O–H groups in total. The first-order valence-electron chi connectivity index (χ1n) is 23.4. The molecule has 0 aliphatic rings. The van der Waals surface area contributed by atoms with Crippen molar-refractivity contribution in [3.63, 3.8) is 0 Å². The number of hydrogen-bond donors (Lipinski definition) is 0. The zero-order valence-electron chi connectivity index (χ0n) is 42.8. The van der Waals surface area contributed by atoms with Crippen LogP contribution in [0, 0.1) is 20.8 Å². The summed E-state index contributed by atoms with van der Waals surface area (Å²) >= 11 is 1.92. The molecular formula is C50H79BBr2F4N6O5S. The predicted octanol–water partition coefficient (Wildman–Crippen LogP) is 0.453. The highest BCUT2D eigenvalue weighted by Crippen LogP contribution is 2.40. The number of unbranched alkanes of at least 4 members (excludes halogenated alkanes) is 4. The molecule has 0 radical (unpaired) electrons. The maximum atomic E-state index is 11.5. The summed E-state index contributed by atoms with van der Waals surface area (Å²) in [6.45, 7) is 16.4. The second-order valence-corrected chi connectivity index (χ2v) is 19.1. The van der Waals surface area contributed by atoms with E-state index in [1.807, 2.05) is 32.1 Å². The van der Waals surface area contributed by atoms with Crippen molar-refractivity contribution in [3.05, 3.63) is 85.0 Å². The van der Waals surface area contributed by atoms with E-state index in [1.54, 1.807) is 6.92 Å². The first-order valence-corrected chi connectivity index (χ1v) is 24.2. The molecule has 1 unspecified atom stereocenters. The van der Waals surface area contributed by atoms with Crippen molar-refractivity contribution in [1.82, 2.24) is 13.7 Å². The Hall–Kier alpha value is -3.71. The number of carbonyl (C=O) groups excluding carboxylic acids is 5. The average molecular weight is 1120 g/mol. The van der Waals surface area contributed by atoms with Gasteiger partial charge in [-0.15, -0.1) is 11.8 Å². The lowest BCUT2D eigenvalue weighted by atomic mass is 9.96. The molecule has 0 aliphatic carbocycles.